The average Bonchev–Trinajstić information content (AvgIpc) is 2.43. The molecule has 1 atom stereocenters. The number of aromatic nitrogens is 2. The molecule has 0 radical (unpaired) electrons. The largest absolute Gasteiger partial charge is 0.353 e. The van der Waals surface area contributed by atoms with E-state index in [1.807, 2.05) is 0 Å². The molecule has 1 aliphatic heterocycles. The van der Waals surface area contributed by atoms with Crippen molar-refractivity contribution >= 4 is 17.5 Å². The monoisotopic (exact) mass is 297 g/mol. The third-order valence-electron chi connectivity index (χ3n) is 3.87. The van der Waals surface area contributed by atoms with E-state index >= 15 is 0 Å². The SMILES string of the molecule is CC(C)C(CNc1ncc(Cl)cn1)N1CCN(C)CC1. The van der Waals surface area contributed by atoms with E-state index in [0.717, 1.165) is 32.7 Å². The van der Waals surface area contributed by atoms with Gasteiger partial charge in [-0.05, 0) is 13.0 Å². The molecule has 1 aromatic rings. The molecule has 1 aromatic heterocycles. The Labute approximate surface area is 126 Å². The van der Waals surface area contributed by atoms with Gasteiger partial charge in [0.15, 0.2) is 0 Å². The Morgan fingerprint density at radius 3 is 2.35 bits per heavy atom. The van der Waals surface area contributed by atoms with Gasteiger partial charge in [-0.15, -0.1) is 0 Å². The first-order valence-corrected chi connectivity index (χ1v) is 7.58. The minimum absolute atomic E-state index is 0.503. The number of nitrogens with one attached hydrogen (secondary N) is 1. The lowest BCUT2D eigenvalue weighted by atomic mass is 10.0. The van der Waals surface area contributed by atoms with Crippen molar-refractivity contribution in [2.45, 2.75) is 19.9 Å². The number of likely N-dealkylation sites (N-methyl/N-ethyl adjacent to an activating group) is 1. The minimum Gasteiger partial charge on any atom is -0.353 e. The Kier molecular flexibility index (Phi) is 5.57. The van der Waals surface area contributed by atoms with Crippen molar-refractivity contribution in [1.82, 2.24) is 19.8 Å². The molecular formula is C14H24ClN5. The first-order chi connectivity index (χ1) is 9.56. The summed E-state index contributed by atoms with van der Waals surface area (Å²) in [7, 11) is 2.18. The quantitative estimate of drug-likeness (QED) is 0.898. The number of nitrogens with zero attached hydrogens (tertiary/aromatic N) is 4. The first kappa shape index (κ1) is 15.5. The fourth-order valence-corrected chi connectivity index (χ4v) is 2.64. The summed E-state index contributed by atoms with van der Waals surface area (Å²) in [6, 6.07) is 0.503. The normalized spacial score (nSPS) is 19.2. The summed E-state index contributed by atoms with van der Waals surface area (Å²) in [6.07, 6.45) is 3.24. The maximum Gasteiger partial charge on any atom is 0.222 e. The standard InChI is InChI=1S/C14H24ClN5/c1-11(2)13(20-6-4-19(3)5-7-20)10-18-14-16-8-12(15)9-17-14/h8-9,11,13H,4-7,10H2,1-3H3,(H,16,17,18). The first-order valence-electron chi connectivity index (χ1n) is 7.20. The topological polar surface area (TPSA) is 44.3 Å². The summed E-state index contributed by atoms with van der Waals surface area (Å²) in [5, 5.41) is 3.89. The summed E-state index contributed by atoms with van der Waals surface area (Å²) in [4.78, 5) is 13.3. The summed E-state index contributed by atoms with van der Waals surface area (Å²) in [5.41, 5.74) is 0. The third kappa shape index (κ3) is 4.30. The molecule has 1 saturated heterocycles. The van der Waals surface area contributed by atoms with E-state index < -0.39 is 0 Å². The molecule has 0 bridgehead atoms. The predicted octanol–water partition coefficient (Wildman–Crippen LogP) is 1.81. The molecule has 1 fully saturated rings. The molecule has 0 aliphatic carbocycles. The maximum absolute atomic E-state index is 5.79. The number of piperazine rings is 1. The second-order valence-electron chi connectivity index (χ2n) is 5.76. The number of hydrogen-bond acceptors (Lipinski definition) is 5. The maximum atomic E-state index is 5.79. The van der Waals surface area contributed by atoms with Gasteiger partial charge in [-0.1, -0.05) is 25.4 Å². The van der Waals surface area contributed by atoms with E-state index in [2.05, 4.69) is 46.0 Å². The summed E-state index contributed by atoms with van der Waals surface area (Å²) < 4.78 is 0. The van der Waals surface area contributed by atoms with Crippen LogP contribution in [0.5, 0.6) is 0 Å². The second kappa shape index (κ2) is 7.20. The molecule has 112 valence electrons. The number of halogens is 1. The van der Waals surface area contributed by atoms with E-state index in [-0.39, 0.29) is 0 Å². The van der Waals surface area contributed by atoms with Crippen molar-refractivity contribution in [3.8, 4) is 0 Å². The van der Waals surface area contributed by atoms with Gasteiger partial charge >= 0.3 is 0 Å². The number of hydrogen-bond donors (Lipinski definition) is 1. The molecule has 1 unspecified atom stereocenters. The third-order valence-corrected chi connectivity index (χ3v) is 4.06. The van der Waals surface area contributed by atoms with Gasteiger partial charge in [0, 0.05) is 38.8 Å². The molecule has 0 saturated carbocycles. The molecule has 6 heteroatoms. The Morgan fingerprint density at radius 1 is 1.20 bits per heavy atom. The zero-order valence-corrected chi connectivity index (χ0v) is 13.3. The smallest absolute Gasteiger partial charge is 0.222 e. The van der Waals surface area contributed by atoms with E-state index in [1.165, 1.54) is 0 Å². The summed E-state index contributed by atoms with van der Waals surface area (Å²) in [6.45, 7) is 9.94. The van der Waals surface area contributed by atoms with Gasteiger partial charge in [-0.2, -0.15) is 0 Å². The van der Waals surface area contributed by atoms with E-state index in [1.54, 1.807) is 12.4 Å². The molecule has 1 aliphatic rings. The lowest BCUT2D eigenvalue weighted by molar-refractivity contribution is 0.0943. The highest BCUT2D eigenvalue weighted by atomic mass is 35.5. The molecule has 0 spiro atoms. The van der Waals surface area contributed by atoms with Crippen LogP contribution in [0.15, 0.2) is 12.4 Å². The van der Waals surface area contributed by atoms with Gasteiger partial charge in [0.2, 0.25) is 5.95 Å². The van der Waals surface area contributed by atoms with Crippen molar-refractivity contribution in [1.29, 1.82) is 0 Å². The highest BCUT2D eigenvalue weighted by molar-refractivity contribution is 6.30. The van der Waals surface area contributed by atoms with E-state index in [9.17, 15) is 0 Å². The Morgan fingerprint density at radius 2 is 1.80 bits per heavy atom. The molecule has 2 heterocycles. The van der Waals surface area contributed by atoms with Gasteiger partial charge in [-0.25, -0.2) is 9.97 Å². The molecular weight excluding hydrogens is 274 g/mol. The lowest BCUT2D eigenvalue weighted by Crippen LogP contribution is -2.52. The van der Waals surface area contributed by atoms with Crippen LogP contribution in [0, 0.1) is 5.92 Å². The van der Waals surface area contributed by atoms with Gasteiger partial charge in [0.05, 0.1) is 17.4 Å². The molecule has 0 aromatic carbocycles. The van der Waals surface area contributed by atoms with Gasteiger partial charge < -0.3 is 10.2 Å². The zero-order valence-electron chi connectivity index (χ0n) is 12.5. The van der Waals surface area contributed by atoms with Crippen molar-refractivity contribution < 1.29 is 0 Å². The van der Waals surface area contributed by atoms with Crippen LogP contribution in [0.3, 0.4) is 0 Å². The van der Waals surface area contributed by atoms with Crippen molar-refractivity contribution in [2.75, 3.05) is 45.1 Å². The second-order valence-corrected chi connectivity index (χ2v) is 6.19. The molecule has 2 rings (SSSR count). The van der Waals surface area contributed by atoms with Crippen molar-refractivity contribution in [3.63, 3.8) is 0 Å². The highest BCUT2D eigenvalue weighted by Gasteiger charge is 2.24. The van der Waals surface area contributed by atoms with Gasteiger partial charge in [-0.3, -0.25) is 4.90 Å². The van der Waals surface area contributed by atoms with Crippen LogP contribution in [-0.4, -0.2) is 65.6 Å². The summed E-state index contributed by atoms with van der Waals surface area (Å²) in [5.74, 6) is 1.24. The van der Waals surface area contributed by atoms with E-state index in [4.69, 9.17) is 11.6 Å². The average molecular weight is 298 g/mol. The van der Waals surface area contributed by atoms with Crippen LogP contribution in [0.4, 0.5) is 5.95 Å². The predicted molar refractivity (Wildman–Crippen MR) is 83.2 cm³/mol. The van der Waals surface area contributed by atoms with Crippen molar-refractivity contribution in [2.24, 2.45) is 5.92 Å². The van der Waals surface area contributed by atoms with Crippen molar-refractivity contribution in [3.05, 3.63) is 17.4 Å². The van der Waals surface area contributed by atoms with Crippen LogP contribution >= 0.6 is 11.6 Å². The summed E-state index contributed by atoms with van der Waals surface area (Å²) >= 11 is 5.79. The fourth-order valence-electron chi connectivity index (χ4n) is 2.54. The van der Waals surface area contributed by atoms with Crippen LogP contribution in [-0.2, 0) is 0 Å². The van der Waals surface area contributed by atoms with Gasteiger partial charge in [0.1, 0.15) is 0 Å². The molecule has 20 heavy (non-hydrogen) atoms. The van der Waals surface area contributed by atoms with E-state index in [0.29, 0.717) is 22.9 Å². The molecule has 1 N–H and O–H groups in total. The number of rotatable bonds is 5. The van der Waals surface area contributed by atoms with Crippen LogP contribution < -0.4 is 5.32 Å². The lowest BCUT2D eigenvalue weighted by Gasteiger charge is -2.39. The van der Waals surface area contributed by atoms with Gasteiger partial charge in [0.25, 0.3) is 0 Å². The molecule has 0 amide bonds. The van der Waals surface area contributed by atoms with Crippen LogP contribution in [0.25, 0.3) is 0 Å². The number of anilines is 1. The Bertz CT molecular complexity index is 401. The molecule has 5 nitrogen and oxygen atoms in total. The Hall–Kier alpha value is -0.910. The Balaban J connectivity index is 1.90. The van der Waals surface area contributed by atoms with Crippen LogP contribution in [0.2, 0.25) is 5.02 Å². The fraction of sp³-hybridized carbons (Fsp3) is 0.714. The van der Waals surface area contributed by atoms with Crippen LogP contribution in [0.1, 0.15) is 13.8 Å². The highest BCUT2D eigenvalue weighted by Crippen LogP contribution is 2.14. The zero-order chi connectivity index (χ0) is 14.5. The minimum atomic E-state index is 0.503.